The third-order valence-corrected chi connectivity index (χ3v) is 3.15. The summed E-state index contributed by atoms with van der Waals surface area (Å²) in [7, 11) is 0. The minimum absolute atomic E-state index is 0.00800. The molecule has 0 aromatic heterocycles. The fourth-order valence-corrected chi connectivity index (χ4v) is 2.83. The Labute approximate surface area is 107 Å². The molecule has 102 valence electrons. The van der Waals surface area contributed by atoms with E-state index in [1.54, 1.807) is 0 Å². The summed E-state index contributed by atoms with van der Waals surface area (Å²) in [4.78, 5) is 2.55. The van der Waals surface area contributed by atoms with E-state index >= 15 is 0 Å². The number of ether oxygens (including phenoxy) is 1. The van der Waals surface area contributed by atoms with Gasteiger partial charge in [-0.2, -0.15) is 0 Å². The van der Waals surface area contributed by atoms with Crippen LogP contribution in [0.4, 0.5) is 0 Å². The highest BCUT2D eigenvalue weighted by Crippen LogP contribution is 2.24. The number of hydrogen-bond acceptors (Lipinski definition) is 3. The lowest BCUT2D eigenvalue weighted by Crippen LogP contribution is -2.54. The molecule has 1 unspecified atom stereocenters. The highest BCUT2D eigenvalue weighted by atomic mass is 16.5. The first kappa shape index (κ1) is 14.9. The topological polar surface area (TPSA) is 24.5 Å². The zero-order valence-electron chi connectivity index (χ0n) is 12.5. The summed E-state index contributed by atoms with van der Waals surface area (Å²) in [5.41, 5.74) is 0.315. The minimum atomic E-state index is -0.00800. The van der Waals surface area contributed by atoms with E-state index in [9.17, 15) is 0 Å². The summed E-state index contributed by atoms with van der Waals surface area (Å²) in [6.07, 6.45) is 0.341. The predicted molar refractivity (Wildman–Crippen MR) is 73.4 cm³/mol. The van der Waals surface area contributed by atoms with Crippen LogP contribution in [0.25, 0.3) is 0 Å². The van der Waals surface area contributed by atoms with E-state index < -0.39 is 0 Å². The van der Waals surface area contributed by atoms with Crippen LogP contribution in [0, 0.1) is 5.41 Å². The summed E-state index contributed by atoms with van der Waals surface area (Å²) in [5.74, 6) is 0. The van der Waals surface area contributed by atoms with Gasteiger partial charge < -0.3 is 10.1 Å². The van der Waals surface area contributed by atoms with Crippen LogP contribution in [0.1, 0.15) is 41.5 Å². The van der Waals surface area contributed by atoms with Crippen LogP contribution in [-0.2, 0) is 4.74 Å². The van der Waals surface area contributed by atoms with Crippen molar-refractivity contribution in [3.05, 3.63) is 0 Å². The molecule has 1 saturated heterocycles. The number of nitrogens with zero attached hydrogens (tertiary/aromatic N) is 1. The average molecular weight is 242 g/mol. The molecule has 0 saturated carbocycles. The number of nitrogens with one attached hydrogen (secondary N) is 1. The molecule has 0 aliphatic carbocycles. The summed E-state index contributed by atoms with van der Waals surface area (Å²) in [5, 5.41) is 3.45. The van der Waals surface area contributed by atoms with E-state index in [1.165, 1.54) is 0 Å². The molecule has 1 fully saturated rings. The Morgan fingerprint density at radius 3 is 2.59 bits per heavy atom. The number of hydrogen-bond donors (Lipinski definition) is 1. The van der Waals surface area contributed by atoms with Crippen molar-refractivity contribution in [2.45, 2.75) is 53.2 Å². The van der Waals surface area contributed by atoms with Crippen LogP contribution in [0.5, 0.6) is 0 Å². The van der Waals surface area contributed by atoms with E-state index in [-0.39, 0.29) is 5.60 Å². The van der Waals surface area contributed by atoms with Crippen molar-refractivity contribution in [2.75, 3.05) is 32.7 Å². The van der Waals surface area contributed by atoms with Gasteiger partial charge in [-0.05, 0) is 32.7 Å². The standard InChI is InChI=1S/C14H30N2O/c1-7-15-9-13(3,4)10-16-8-12(2)17-14(5,6)11-16/h12,15H,7-11H2,1-6H3. The monoisotopic (exact) mass is 242 g/mol. The molecule has 0 spiro atoms. The predicted octanol–water partition coefficient (Wildman–Crippen LogP) is 2.12. The fourth-order valence-electron chi connectivity index (χ4n) is 2.83. The maximum atomic E-state index is 5.94. The van der Waals surface area contributed by atoms with Gasteiger partial charge in [0, 0.05) is 26.2 Å². The molecule has 1 atom stereocenters. The van der Waals surface area contributed by atoms with Crippen LogP contribution in [0.2, 0.25) is 0 Å². The van der Waals surface area contributed by atoms with E-state index in [1.807, 2.05) is 0 Å². The maximum Gasteiger partial charge on any atom is 0.0757 e. The average Bonchev–Trinajstić information content (AvgIpc) is 2.10. The first-order valence-corrected chi connectivity index (χ1v) is 6.85. The quantitative estimate of drug-likeness (QED) is 0.799. The van der Waals surface area contributed by atoms with Crippen LogP contribution in [0.3, 0.4) is 0 Å². The second-order valence-corrected chi connectivity index (χ2v) is 6.80. The van der Waals surface area contributed by atoms with Gasteiger partial charge in [0.05, 0.1) is 11.7 Å². The lowest BCUT2D eigenvalue weighted by atomic mass is 9.91. The van der Waals surface area contributed by atoms with Gasteiger partial charge in [-0.15, -0.1) is 0 Å². The SMILES string of the molecule is CCNCC(C)(C)CN1CC(C)OC(C)(C)C1. The van der Waals surface area contributed by atoms with Crippen LogP contribution in [-0.4, -0.2) is 49.3 Å². The molecule has 1 heterocycles. The van der Waals surface area contributed by atoms with Crippen LogP contribution < -0.4 is 5.32 Å². The Morgan fingerprint density at radius 1 is 1.41 bits per heavy atom. The normalized spacial score (nSPS) is 26.1. The highest BCUT2D eigenvalue weighted by Gasteiger charge is 2.33. The molecule has 1 aliphatic heterocycles. The van der Waals surface area contributed by atoms with Crippen LogP contribution in [0.15, 0.2) is 0 Å². The molecule has 0 aromatic rings. The van der Waals surface area contributed by atoms with Crippen molar-refractivity contribution >= 4 is 0 Å². The highest BCUT2D eigenvalue weighted by molar-refractivity contribution is 4.86. The Hall–Kier alpha value is -0.120. The van der Waals surface area contributed by atoms with Gasteiger partial charge in [-0.3, -0.25) is 4.90 Å². The maximum absolute atomic E-state index is 5.94. The summed E-state index contributed by atoms with van der Waals surface area (Å²) in [6.45, 7) is 18.7. The second kappa shape index (κ2) is 5.68. The lowest BCUT2D eigenvalue weighted by molar-refractivity contribution is -0.133. The van der Waals surface area contributed by atoms with Gasteiger partial charge in [0.25, 0.3) is 0 Å². The minimum Gasteiger partial charge on any atom is -0.370 e. The van der Waals surface area contributed by atoms with E-state index in [0.717, 1.165) is 32.7 Å². The molecule has 3 nitrogen and oxygen atoms in total. The van der Waals surface area contributed by atoms with Gasteiger partial charge >= 0.3 is 0 Å². The first-order valence-electron chi connectivity index (χ1n) is 6.85. The van der Waals surface area contributed by atoms with Crippen molar-refractivity contribution < 1.29 is 4.74 Å². The van der Waals surface area contributed by atoms with Crippen molar-refractivity contribution in [2.24, 2.45) is 5.41 Å². The smallest absolute Gasteiger partial charge is 0.0757 e. The Bertz CT molecular complexity index is 238. The zero-order chi connectivity index (χ0) is 13.1. The molecule has 1 aliphatic rings. The summed E-state index contributed by atoms with van der Waals surface area (Å²) in [6, 6.07) is 0. The molecular formula is C14H30N2O. The molecule has 0 radical (unpaired) electrons. The van der Waals surface area contributed by atoms with Crippen molar-refractivity contribution in [3.63, 3.8) is 0 Å². The van der Waals surface area contributed by atoms with Crippen molar-refractivity contribution in [1.82, 2.24) is 10.2 Å². The Balaban J connectivity index is 2.50. The Kier molecular flexibility index (Phi) is 4.99. The molecule has 0 amide bonds. The molecule has 1 N–H and O–H groups in total. The molecule has 3 heteroatoms. The Morgan fingerprint density at radius 2 is 2.06 bits per heavy atom. The summed E-state index contributed by atoms with van der Waals surface area (Å²) < 4.78 is 5.94. The first-order chi connectivity index (χ1) is 7.74. The summed E-state index contributed by atoms with van der Waals surface area (Å²) >= 11 is 0. The number of rotatable bonds is 5. The van der Waals surface area contributed by atoms with E-state index in [2.05, 4.69) is 51.8 Å². The van der Waals surface area contributed by atoms with Crippen LogP contribution >= 0.6 is 0 Å². The van der Waals surface area contributed by atoms with Gasteiger partial charge in [0.1, 0.15) is 0 Å². The van der Waals surface area contributed by atoms with Gasteiger partial charge in [0.2, 0.25) is 0 Å². The van der Waals surface area contributed by atoms with E-state index in [4.69, 9.17) is 4.74 Å². The molecule has 0 bridgehead atoms. The zero-order valence-corrected chi connectivity index (χ0v) is 12.5. The third kappa shape index (κ3) is 5.36. The lowest BCUT2D eigenvalue weighted by Gasteiger charge is -2.44. The fraction of sp³-hybridized carbons (Fsp3) is 1.00. The van der Waals surface area contributed by atoms with Gasteiger partial charge in [0.15, 0.2) is 0 Å². The van der Waals surface area contributed by atoms with Crippen molar-refractivity contribution in [1.29, 1.82) is 0 Å². The third-order valence-electron chi connectivity index (χ3n) is 3.15. The van der Waals surface area contributed by atoms with Gasteiger partial charge in [-0.1, -0.05) is 20.8 Å². The molecule has 0 aromatic carbocycles. The molecule has 17 heavy (non-hydrogen) atoms. The largest absolute Gasteiger partial charge is 0.370 e. The molecular weight excluding hydrogens is 212 g/mol. The van der Waals surface area contributed by atoms with E-state index in [0.29, 0.717) is 11.5 Å². The number of morpholine rings is 1. The van der Waals surface area contributed by atoms with Gasteiger partial charge in [-0.25, -0.2) is 0 Å². The van der Waals surface area contributed by atoms with Crippen molar-refractivity contribution in [3.8, 4) is 0 Å². The second-order valence-electron chi connectivity index (χ2n) is 6.80. The molecule has 1 rings (SSSR count).